The number of hydrogen-bond acceptors (Lipinski definition) is 2. The van der Waals surface area contributed by atoms with Crippen LogP contribution in [0.15, 0.2) is 18.2 Å². The summed E-state index contributed by atoms with van der Waals surface area (Å²) >= 11 is 11.2. The Balaban J connectivity index is 1.98. The van der Waals surface area contributed by atoms with Crippen molar-refractivity contribution in [1.82, 2.24) is 0 Å². The first kappa shape index (κ1) is 16.7. The number of hydrogen-bond donors (Lipinski definition) is 1. The van der Waals surface area contributed by atoms with E-state index in [0.29, 0.717) is 34.1 Å². The molecule has 2 N–H and O–H groups in total. The zero-order chi connectivity index (χ0) is 15.6. The van der Waals surface area contributed by atoms with Crippen molar-refractivity contribution in [1.29, 1.82) is 0 Å². The minimum absolute atomic E-state index is 0.315. The van der Waals surface area contributed by atoms with Gasteiger partial charge in [0, 0.05) is 10.6 Å². The Hall–Kier alpha value is -0.640. The Morgan fingerprint density at radius 3 is 2.71 bits per heavy atom. The highest BCUT2D eigenvalue weighted by atomic mass is 35.5. The van der Waals surface area contributed by atoms with Gasteiger partial charge in [-0.3, -0.25) is 0 Å². The summed E-state index contributed by atoms with van der Waals surface area (Å²) in [4.78, 5) is 0.368. The molecule has 2 nitrogen and oxygen atoms in total. The molecule has 0 spiro atoms. The molecule has 0 aromatic heterocycles. The highest BCUT2D eigenvalue weighted by Crippen LogP contribution is 2.40. The van der Waals surface area contributed by atoms with Gasteiger partial charge in [-0.2, -0.15) is 0 Å². The fraction of sp³-hybridized carbons (Fsp3) is 0.588. The first-order chi connectivity index (χ1) is 9.77. The Bertz CT molecular complexity index is 530. The van der Waals surface area contributed by atoms with Crippen molar-refractivity contribution in [3.05, 3.63) is 34.3 Å². The standard InChI is InChI=1S/C17H24ClNOS/c1-11-6-14(9-17(2,3)8-11)20-10-13-5-4-12(16(19)21)7-15(13)18/h4-5,7,11,14H,6,8-10H2,1-3H3,(H2,19,21). The van der Waals surface area contributed by atoms with E-state index in [2.05, 4.69) is 20.8 Å². The van der Waals surface area contributed by atoms with Gasteiger partial charge in [0.05, 0.1) is 12.7 Å². The number of halogens is 1. The molecule has 1 fully saturated rings. The van der Waals surface area contributed by atoms with Gasteiger partial charge < -0.3 is 10.5 Å². The number of nitrogens with two attached hydrogens (primary N) is 1. The molecule has 1 aliphatic carbocycles. The first-order valence-electron chi connectivity index (χ1n) is 7.47. The molecule has 0 saturated heterocycles. The summed E-state index contributed by atoms with van der Waals surface area (Å²) in [7, 11) is 0. The van der Waals surface area contributed by atoms with E-state index in [1.165, 1.54) is 6.42 Å². The highest BCUT2D eigenvalue weighted by molar-refractivity contribution is 7.80. The quantitative estimate of drug-likeness (QED) is 0.814. The monoisotopic (exact) mass is 325 g/mol. The van der Waals surface area contributed by atoms with E-state index in [0.717, 1.165) is 24.0 Å². The summed E-state index contributed by atoms with van der Waals surface area (Å²) in [5.41, 5.74) is 7.76. The third-order valence-corrected chi connectivity index (χ3v) is 4.75. The molecular formula is C17H24ClNOS. The lowest BCUT2D eigenvalue weighted by atomic mass is 9.71. The molecule has 2 atom stereocenters. The fourth-order valence-electron chi connectivity index (χ4n) is 3.41. The second-order valence-corrected chi connectivity index (χ2v) is 7.86. The van der Waals surface area contributed by atoms with E-state index in [9.17, 15) is 0 Å². The van der Waals surface area contributed by atoms with Crippen LogP contribution in [0, 0.1) is 11.3 Å². The molecule has 2 rings (SSSR count). The van der Waals surface area contributed by atoms with Crippen LogP contribution in [-0.2, 0) is 11.3 Å². The molecule has 1 aromatic rings. The van der Waals surface area contributed by atoms with Gasteiger partial charge in [-0.1, -0.05) is 56.7 Å². The van der Waals surface area contributed by atoms with E-state index in [4.69, 9.17) is 34.3 Å². The van der Waals surface area contributed by atoms with Gasteiger partial charge in [0.15, 0.2) is 0 Å². The zero-order valence-corrected chi connectivity index (χ0v) is 14.6. The average Bonchev–Trinajstić information content (AvgIpc) is 2.34. The molecule has 21 heavy (non-hydrogen) atoms. The first-order valence-corrected chi connectivity index (χ1v) is 8.25. The Kier molecular flexibility index (Phi) is 5.29. The molecular weight excluding hydrogens is 302 g/mol. The van der Waals surface area contributed by atoms with E-state index in [-0.39, 0.29) is 0 Å². The van der Waals surface area contributed by atoms with Gasteiger partial charge >= 0.3 is 0 Å². The van der Waals surface area contributed by atoms with Crippen molar-refractivity contribution in [2.75, 3.05) is 0 Å². The fourth-order valence-corrected chi connectivity index (χ4v) is 3.77. The van der Waals surface area contributed by atoms with Gasteiger partial charge in [0.1, 0.15) is 4.99 Å². The van der Waals surface area contributed by atoms with Crippen LogP contribution in [0.4, 0.5) is 0 Å². The van der Waals surface area contributed by atoms with Crippen molar-refractivity contribution >= 4 is 28.8 Å². The van der Waals surface area contributed by atoms with E-state index < -0.39 is 0 Å². The average molecular weight is 326 g/mol. The molecule has 0 aliphatic heterocycles. The molecule has 1 aromatic carbocycles. The molecule has 0 bridgehead atoms. The summed E-state index contributed by atoms with van der Waals surface area (Å²) in [6.45, 7) is 7.50. The normalized spacial score (nSPS) is 24.8. The van der Waals surface area contributed by atoms with Gasteiger partial charge in [0.2, 0.25) is 0 Å². The maximum Gasteiger partial charge on any atom is 0.104 e. The second-order valence-electron chi connectivity index (χ2n) is 7.02. The smallest absolute Gasteiger partial charge is 0.104 e. The number of rotatable bonds is 4. The summed E-state index contributed by atoms with van der Waals surface area (Å²) < 4.78 is 6.11. The van der Waals surface area contributed by atoms with E-state index >= 15 is 0 Å². The topological polar surface area (TPSA) is 35.2 Å². The lowest BCUT2D eigenvalue weighted by Crippen LogP contribution is -2.32. The lowest BCUT2D eigenvalue weighted by Gasteiger charge is -2.38. The maximum atomic E-state index is 6.28. The van der Waals surface area contributed by atoms with Crippen LogP contribution in [0.25, 0.3) is 0 Å². The van der Waals surface area contributed by atoms with Crippen LogP contribution in [0.2, 0.25) is 5.02 Å². The van der Waals surface area contributed by atoms with Crippen molar-refractivity contribution in [2.45, 2.75) is 52.7 Å². The molecule has 0 heterocycles. The van der Waals surface area contributed by atoms with Gasteiger partial charge in [-0.25, -0.2) is 0 Å². The highest BCUT2D eigenvalue weighted by Gasteiger charge is 2.32. The third kappa shape index (κ3) is 4.67. The summed E-state index contributed by atoms with van der Waals surface area (Å²) in [6, 6.07) is 5.67. The van der Waals surface area contributed by atoms with Crippen LogP contribution >= 0.6 is 23.8 Å². The Morgan fingerprint density at radius 2 is 2.14 bits per heavy atom. The number of thiocarbonyl (C=S) groups is 1. The lowest BCUT2D eigenvalue weighted by molar-refractivity contribution is -0.0315. The van der Waals surface area contributed by atoms with Crippen molar-refractivity contribution < 1.29 is 4.74 Å². The van der Waals surface area contributed by atoms with Crippen LogP contribution < -0.4 is 5.73 Å². The van der Waals surface area contributed by atoms with Gasteiger partial charge in [-0.05, 0) is 42.2 Å². The van der Waals surface area contributed by atoms with Crippen molar-refractivity contribution in [3.8, 4) is 0 Å². The molecule has 4 heteroatoms. The van der Waals surface area contributed by atoms with Gasteiger partial charge in [-0.15, -0.1) is 0 Å². The summed E-state index contributed by atoms with van der Waals surface area (Å²) in [5, 5.41) is 0.670. The van der Waals surface area contributed by atoms with E-state index in [1.54, 1.807) is 0 Å². The number of benzene rings is 1. The molecule has 116 valence electrons. The van der Waals surface area contributed by atoms with Crippen LogP contribution in [0.5, 0.6) is 0 Å². The maximum absolute atomic E-state index is 6.28. The molecule has 2 unspecified atom stereocenters. The largest absolute Gasteiger partial charge is 0.389 e. The zero-order valence-electron chi connectivity index (χ0n) is 13.0. The Labute approximate surface area is 138 Å². The molecule has 1 aliphatic rings. The summed E-state index contributed by atoms with van der Waals surface area (Å²) in [6.07, 6.45) is 3.83. The van der Waals surface area contributed by atoms with Crippen LogP contribution in [0.3, 0.4) is 0 Å². The Morgan fingerprint density at radius 1 is 1.43 bits per heavy atom. The van der Waals surface area contributed by atoms with E-state index in [1.807, 2.05) is 18.2 Å². The molecule has 0 radical (unpaired) electrons. The third-order valence-electron chi connectivity index (χ3n) is 4.16. The van der Waals surface area contributed by atoms with Crippen LogP contribution in [0.1, 0.15) is 51.2 Å². The molecule has 0 amide bonds. The minimum atomic E-state index is 0.315. The number of ether oxygens (including phenoxy) is 1. The predicted octanol–water partition coefficient (Wildman–Crippen LogP) is 4.71. The van der Waals surface area contributed by atoms with Gasteiger partial charge in [0.25, 0.3) is 0 Å². The summed E-state index contributed by atoms with van der Waals surface area (Å²) in [5.74, 6) is 0.714. The van der Waals surface area contributed by atoms with Crippen molar-refractivity contribution in [2.24, 2.45) is 17.1 Å². The van der Waals surface area contributed by atoms with Crippen LogP contribution in [-0.4, -0.2) is 11.1 Å². The van der Waals surface area contributed by atoms with Crippen molar-refractivity contribution in [3.63, 3.8) is 0 Å². The second kappa shape index (κ2) is 6.64. The molecule has 1 saturated carbocycles. The minimum Gasteiger partial charge on any atom is -0.389 e. The SMILES string of the molecule is CC1CC(OCc2ccc(C(N)=S)cc2Cl)CC(C)(C)C1. The predicted molar refractivity (Wildman–Crippen MR) is 92.7 cm³/mol.